The summed E-state index contributed by atoms with van der Waals surface area (Å²) in [6.45, 7) is 5.42. The van der Waals surface area contributed by atoms with Gasteiger partial charge >= 0.3 is 0 Å². The van der Waals surface area contributed by atoms with E-state index in [0.717, 1.165) is 37.4 Å². The quantitative estimate of drug-likeness (QED) is 0.378. The highest BCUT2D eigenvalue weighted by Gasteiger charge is 2.32. The number of aromatic nitrogens is 1. The van der Waals surface area contributed by atoms with Gasteiger partial charge in [-0.05, 0) is 61.0 Å². The summed E-state index contributed by atoms with van der Waals surface area (Å²) in [5.74, 6) is 0.935. The number of thiophene rings is 1. The molecule has 2 aromatic carbocycles. The number of benzene rings is 2. The number of ether oxygens (including phenoxy) is 1. The maximum absolute atomic E-state index is 5.96. The number of thiazole rings is 1. The van der Waals surface area contributed by atoms with Crippen LogP contribution in [-0.4, -0.2) is 48.7 Å². The summed E-state index contributed by atoms with van der Waals surface area (Å²) in [5, 5.41) is 3.89. The van der Waals surface area contributed by atoms with Crippen molar-refractivity contribution in [1.29, 1.82) is 0 Å². The van der Waals surface area contributed by atoms with Gasteiger partial charge in [0.05, 0.1) is 22.3 Å². The van der Waals surface area contributed by atoms with Crippen LogP contribution >= 0.6 is 22.7 Å². The highest BCUT2D eigenvalue weighted by atomic mass is 32.1. The Bertz CT molecular complexity index is 1180. The second-order valence-electron chi connectivity index (χ2n) is 8.30. The molecule has 0 bridgehead atoms. The zero-order valence-electron chi connectivity index (χ0n) is 16.9. The minimum absolute atomic E-state index is 0.618. The zero-order chi connectivity index (χ0) is 19.9. The van der Waals surface area contributed by atoms with Gasteiger partial charge in [0.2, 0.25) is 0 Å². The van der Waals surface area contributed by atoms with Gasteiger partial charge in [-0.1, -0.05) is 6.07 Å². The third-order valence-electron chi connectivity index (χ3n) is 6.42. The van der Waals surface area contributed by atoms with E-state index < -0.39 is 0 Å². The molecule has 6 rings (SSSR count). The molecule has 4 aromatic rings. The normalized spacial score (nSPS) is 18.8. The molecule has 154 valence electrons. The predicted octanol–water partition coefficient (Wildman–Crippen LogP) is 5.42. The lowest BCUT2D eigenvalue weighted by atomic mass is 9.94. The van der Waals surface area contributed by atoms with Crippen molar-refractivity contribution in [2.24, 2.45) is 0 Å². The lowest BCUT2D eigenvalue weighted by Crippen LogP contribution is -2.55. The van der Waals surface area contributed by atoms with Crippen LogP contribution in [0.25, 0.3) is 20.3 Å². The summed E-state index contributed by atoms with van der Waals surface area (Å²) >= 11 is 3.57. The second-order valence-corrected chi connectivity index (χ2v) is 10.1. The second kappa shape index (κ2) is 7.84. The fourth-order valence-corrected chi connectivity index (χ4v) is 6.60. The highest BCUT2D eigenvalue weighted by Crippen LogP contribution is 2.40. The Hall–Kier alpha value is -2.15. The maximum Gasteiger partial charge on any atom is 0.121 e. The molecule has 0 amide bonds. The number of unbranched alkanes of at least 4 members (excludes halogenated alkanes) is 1. The van der Waals surface area contributed by atoms with Gasteiger partial charge < -0.3 is 9.64 Å². The molecule has 2 aliphatic rings. The van der Waals surface area contributed by atoms with Gasteiger partial charge in [0.15, 0.2) is 0 Å². The topological polar surface area (TPSA) is 28.6 Å². The van der Waals surface area contributed by atoms with Gasteiger partial charge in [0, 0.05) is 47.5 Å². The van der Waals surface area contributed by atoms with Gasteiger partial charge in [0.1, 0.15) is 5.75 Å². The molecule has 0 spiro atoms. The van der Waals surface area contributed by atoms with Crippen molar-refractivity contribution in [3.63, 3.8) is 0 Å². The van der Waals surface area contributed by atoms with Crippen LogP contribution in [0.1, 0.15) is 18.4 Å². The van der Waals surface area contributed by atoms with E-state index in [1.54, 1.807) is 16.9 Å². The molecule has 1 atom stereocenters. The summed E-state index contributed by atoms with van der Waals surface area (Å²) in [5.41, 5.74) is 5.94. The third-order valence-corrected chi connectivity index (χ3v) is 8.23. The van der Waals surface area contributed by atoms with Crippen molar-refractivity contribution < 1.29 is 4.74 Å². The number of anilines is 1. The Balaban J connectivity index is 1.00. The van der Waals surface area contributed by atoms with Crippen LogP contribution in [0.3, 0.4) is 0 Å². The monoisotopic (exact) mass is 435 g/mol. The molecule has 1 unspecified atom stereocenters. The van der Waals surface area contributed by atoms with Crippen LogP contribution < -0.4 is 9.64 Å². The van der Waals surface area contributed by atoms with Gasteiger partial charge in [-0.15, -0.1) is 22.7 Å². The molecular formula is C24H25N3OS2. The Morgan fingerprint density at radius 2 is 2.07 bits per heavy atom. The van der Waals surface area contributed by atoms with E-state index in [1.165, 1.54) is 46.4 Å². The van der Waals surface area contributed by atoms with E-state index in [1.807, 2.05) is 22.9 Å². The fourth-order valence-electron chi connectivity index (χ4n) is 4.95. The molecule has 2 aromatic heterocycles. The molecule has 6 heteroatoms. The van der Waals surface area contributed by atoms with Gasteiger partial charge in [-0.3, -0.25) is 4.90 Å². The van der Waals surface area contributed by atoms with Crippen molar-refractivity contribution in [1.82, 2.24) is 9.88 Å². The van der Waals surface area contributed by atoms with E-state index in [-0.39, 0.29) is 0 Å². The van der Waals surface area contributed by atoms with Crippen LogP contribution in [-0.2, 0) is 6.42 Å². The lowest BCUT2D eigenvalue weighted by molar-refractivity contribution is 0.209. The average molecular weight is 436 g/mol. The van der Waals surface area contributed by atoms with Crippen LogP contribution in [0.2, 0.25) is 0 Å². The molecule has 0 radical (unpaired) electrons. The van der Waals surface area contributed by atoms with Gasteiger partial charge in [-0.25, -0.2) is 4.98 Å². The first-order valence-corrected chi connectivity index (χ1v) is 12.6. The standard InChI is InChI=1S/C24H25N3OS2/c1(2-11-28-19-6-7-22-20(13-19)25-16-30-22)8-26-9-10-27-18(14-26)12-17-15-29-23-5-3-4-21(27)24(17)23/h3-7,13,15-16,18H,1-2,8-12,14H2. The largest absolute Gasteiger partial charge is 0.494 e. The molecular weight excluding hydrogens is 410 g/mol. The highest BCUT2D eigenvalue weighted by molar-refractivity contribution is 7.17. The SMILES string of the molecule is c1cc2c3c(csc3c1)CC1CN(CCCCOc3ccc4scnc4c3)CCN21. The number of rotatable bonds is 6. The first-order chi connectivity index (χ1) is 14.8. The molecule has 4 heterocycles. The Labute approximate surface area is 184 Å². The van der Waals surface area contributed by atoms with Gasteiger partial charge in [0.25, 0.3) is 0 Å². The predicted molar refractivity (Wildman–Crippen MR) is 127 cm³/mol. The third kappa shape index (κ3) is 3.37. The first kappa shape index (κ1) is 18.6. The average Bonchev–Trinajstić information content (AvgIpc) is 3.41. The smallest absolute Gasteiger partial charge is 0.121 e. The maximum atomic E-state index is 5.96. The van der Waals surface area contributed by atoms with E-state index >= 15 is 0 Å². The first-order valence-electron chi connectivity index (χ1n) is 10.8. The van der Waals surface area contributed by atoms with Crippen LogP contribution in [0, 0.1) is 0 Å². The minimum atomic E-state index is 0.618. The molecule has 1 saturated heterocycles. The molecule has 2 aliphatic heterocycles. The molecule has 1 fully saturated rings. The summed E-state index contributed by atoms with van der Waals surface area (Å²) in [4.78, 5) is 9.69. The van der Waals surface area contributed by atoms with Crippen LogP contribution in [0.4, 0.5) is 5.69 Å². The van der Waals surface area contributed by atoms with E-state index in [2.05, 4.69) is 50.5 Å². The summed E-state index contributed by atoms with van der Waals surface area (Å²) in [6, 6.07) is 13.6. The number of hydrogen-bond acceptors (Lipinski definition) is 6. The summed E-state index contributed by atoms with van der Waals surface area (Å²) in [7, 11) is 0. The number of hydrogen-bond donors (Lipinski definition) is 0. The molecule has 4 nitrogen and oxygen atoms in total. The molecule has 30 heavy (non-hydrogen) atoms. The van der Waals surface area contributed by atoms with Crippen molar-refractivity contribution in [3.8, 4) is 5.75 Å². The summed E-state index contributed by atoms with van der Waals surface area (Å²) < 4.78 is 8.62. The van der Waals surface area contributed by atoms with Crippen LogP contribution in [0.5, 0.6) is 5.75 Å². The van der Waals surface area contributed by atoms with Crippen molar-refractivity contribution >= 4 is 48.7 Å². The summed E-state index contributed by atoms with van der Waals surface area (Å²) in [6.07, 6.45) is 3.47. The van der Waals surface area contributed by atoms with E-state index in [4.69, 9.17) is 4.74 Å². The van der Waals surface area contributed by atoms with Crippen LogP contribution in [0.15, 0.2) is 47.3 Å². The molecule has 0 aliphatic carbocycles. The minimum Gasteiger partial charge on any atom is -0.494 e. The Morgan fingerprint density at radius 1 is 1.07 bits per heavy atom. The van der Waals surface area contributed by atoms with Crippen molar-refractivity contribution in [2.75, 3.05) is 37.7 Å². The number of piperazine rings is 1. The Morgan fingerprint density at radius 3 is 3.07 bits per heavy atom. The molecule has 0 saturated carbocycles. The van der Waals surface area contributed by atoms with Crippen molar-refractivity contribution in [3.05, 3.63) is 52.9 Å². The van der Waals surface area contributed by atoms with Gasteiger partial charge in [-0.2, -0.15) is 0 Å². The zero-order valence-corrected chi connectivity index (χ0v) is 18.6. The number of nitrogens with zero attached hydrogens (tertiary/aromatic N) is 3. The molecule has 0 N–H and O–H groups in total. The van der Waals surface area contributed by atoms with E-state index in [9.17, 15) is 0 Å². The Kier molecular flexibility index (Phi) is 4.86. The lowest BCUT2D eigenvalue weighted by Gasteiger charge is -2.45. The van der Waals surface area contributed by atoms with Crippen molar-refractivity contribution in [2.45, 2.75) is 25.3 Å². The fraction of sp³-hybridized carbons (Fsp3) is 0.375. The van der Waals surface area contributed by atoms with E-state index in [0.29, 0.717) is 6.04 Å². The number of fused-ring (bicyclic) bond motifs is 3.